The van der Waals surface area contributed by atoms with Crippen molar-refractivity contribution >= 4 is 5.91 Å². The molecule has 2 unspecified atom stereocenters. The van der Waals surface area contributed by atoms with Crippen LogP contribution in [0.4, 0.5) is 0 Å². The summed E-state index contributed by atoms with van der Waals surface area (Å²) in [5.74, 6) is 0.604. The van der Waals surface area contributed by atoms with Crippen LogP contribution in [0, 0.1) is 12.8 Å². The molecule has 3 heteroatoms. The van der Waals surface area contributed by atoms with E-state index in [4.69, 9.17) is 0 Å². The Morgan fingerprint density at radius 3 is 2.94 bits per heavy atom. The second-order valence-electron chi connectivity index (χ2n) is 5.33. The SMILES string of the molecule is Cc1cccc(C(=O)NCC2CCC(C)NC2)c1. The zero-order chi connectivity index (χ0) is 13.0. The lowest BCUT2D eigenvalue weighted by Gasteiger charge is -2.27. The molecule has 1 amide bonds. The van der Waals surface area contributed by atoms with Crippen LogP contribution >= 0.6 is 0 Å². The molecular formula is C15H22N2O. The number of amides is 1. The maximum Gasteiger partial charge on any atom is 0.251 e. The van der Waals surface area contributed by atoms with Gasteiger partial charge in [0.05, 0.1) is 0 Å². The first-order valence-electron chi connectivity index (χ1n) is 6.73. The van der Waals surface area contributed by atoms with Crippen molar-refractivity contribution in [1.82, 2.24) is 10.6 Å². The summed E-state index contributed by atoms with van der Waals surface area (Å²) in [5, 5.41) is 6.49. The smallest absolute Gasteiger partial charge is 0.251 e. The zero-order valence-electron chi connectivity index (χ0n) is 11.2. The maximum atomic E-state index is 12.0. The Kier molecular flexibility index (Phi) is 4.37. The van der Waals surface area contributed by atoms with Crippen molar-refractivity contribution in [2.45, 2.75) is 32.7 Å². The quantitative estimate of drug-likeness (QED) is 0.857. The highest BCUT2D eigenvalue weighted by atomic mass is 16.1. The standard InChI is InChI=1S/C15H22N2O/c1-11-4-3-5-14(8-11)15(18)17-10-13-7-6-12(2)16-9-13/h3-5,8,12-13,16H,6-7,9-10H2,1-2H3,(H,17,18). The topological polar surface area (TPSA) is 41.1 Å². The second kappa shape index (κ2) is 6.01. The lowest BCUT2D eigenvalue weighted by atomic mass is 9.95. The predicted octanol–water partition coefficient (Wildman–Crippen LogP) is 2.11. The molecule has 1 aliphatic heterocycles. The van der Waals surface area contributed by atoms with Gasteiger partial charge in [-0.25, -0.2) is 0 Å². The molecule has 1 heterocycles. The molecule has 98 valence electrons. The fourth-order valence-electron chi connectivity index (χ4n) is 2.36. The highest BCUT2D eigenvalue weighted by molar-refractivity contribution is 5.94. The Labute approximate surface area is 109 Å². The number of carbonyl (C=O) groups excluding carboxylic acids is 1. The monoisotopic (exact) mass is 246 g/mol. The second-order valence-corrected chi connectivity index (χ2v) is 5.33. The van der Waals surface area contributed by atoms with Crippen molar-refractivity contribution in [2.24, 2.45) is 5.92 Å². The van der Waals surface area contributed by atoms with Gasteiger partial charge in [0.1, 0.15) is 0 Å². The molecule has 1 aromatic rings. The molecule has 3 nitrogen and oxygen atoms in total. The Morgan fingerprint density at radius 1 is 1.44 bits per heavy atom. The Bertz CT molecular complexity index is 409. The van der Waals surface area contributed by atoms with E-state index in [0.717, 1.165) is 24.2 Å². The van der Waals surface area contributed by atoms with Gasteiger partial charge in [0.2, 0.25) is 0 Å². The molecular weight excluding hydrogens is 224 g/mol. The third kappa shape index (κ3) is 3.57. The average Bonchev–Trinajstić information content (AvgIpc) is 2.38. The van der Waals surface area contributed by atoms with Crippen LogP contribution in [-0.4, -0.2) is 25.0 Å². The molecule has 1 saturated heterocycles. The lowest BCUT2D eigenvalue weighted by Crippen LogP contribution is -2.41. The highest BCUT2D eigenvalue weighted by Gasteiger charge is 2.18. The van der Waals surface area contributed by atoms with Gasteiger partial charge < -0.3 is 10.6 Å². The van der Waals surface area contributed by atoms with Gasteiger partial charge in [0.25, 0.3) is 5.91 Å². The summed E-state index contributed by atoms with van der Waals surface area (Å²) in [6.45, 7) is 5.99. The van der Waals surface area contributed by atoms with Crippen molar-refractivity contribution < 1.29 is 4.79 Å². The lowest BCUT2D eigenvalue weighted by molar-refractivity contribution is 0.0944. The number of rotatable bonds is 3. The molecule has 0 spiro atoms. The maximum absolute atomic E-state index is 12.0. The van der Waals surface area contributed by atoms with Crippen molar-refractivity contribution in [3.8, 4) is 0 Å². The van der Waals surface area contributed by atoms with Gasteiger partial charge in [0, 0.05) is 18.2 Å². The molecule has 2 atom stereocenters. The van der Waals surface area contributed by atoms with Crippen LogP contribution in [0.5, 0.6) is 0 Å². The zero-order valence-corrected chi connectivity index (χ0v) is 11.2. The molecule has 0 radical (unpaired) electrons. The summed E-state index contributed by atoms with van der Waals surface area (Å²) in [7, 11) is 0. The van der Waals surface area contributed by atoms with Gasteiger partial charge in [-0.3, -0.25) is 4.79 Å². The number of nitrogens with one attached hydrogen (secondary N) is 2. The molecule has 1 fully saturated rings. The largest absolute Gasteiger partial charge is 0.352 e. The minimum atomic E-state index is 0.0392. The van der Waals surface area contributed by atoms with E-state index in [2.05, 4.69) is 17.6 Å². The van der Waals surface area contributed by atoms with Gasteiger partial charge >= 0.3 is 0 Å². The number of hydrogen-bond acceptors (Lipinski definition) is 2. The normalized spacial score (nSPS) is 23.7. The molecule has 0 aromatic heterocycles. The third-order valence-electron chi connectivity index (χ3n) is 3.59. The van der Waals surface area contributed by atoms with Crippen LogP contribution in [0.15, 0.2) is 24.3 Å². The van der Waals surface area contributed by atoms with Crippen LogP contribution in [0.3, 0.4) is 0 Å². The Hall–Kier alpha value is -1.35. The minimum absolute atomic E-state index is 0.0392. The number of piperidine rings is 1. The fourth-order valence-corrected chi connectivity index (χ4v) is 2.36. The van der Waals surface area contributed by atoms with E-state index < -0.39 is 0 Å². The van der Waals surface area contributed by atoms with Crippen molar-refractivity contribution in [3.63, 3.8) is 0 Å². The van der Waals surface area contributed by atoms with Crippen molar-refractivity contribution in [2.75, 3.05) is 13.1 Å². The van der Waals surface area contributed by atoms with Crippen LogP contribution in [0.25, 0.3) is 0 Å². The first-order valence-corrected chi connectivity index (χ1v) is 6.73. The molecule has 1 aromatic carbocycles. The van der Waals surface area contributed by atoms with Crippen molar-refractivity contribution in [3.05, 3.63) is 35.4 Å². The van der Waals surface area contributed by atoms with Gasteiger partial charge in [-0.05, 0) is 51.3 Å². The van der Waals surface area contributed by atoms with Gasteiger partial charge in [-0.15, -0.1) is 0 Å². The summed E-state index contributed by atoms with van der Waals surface area (Å²) in [5.41, 5.74) is 1.88. The number of aryl methyl sites for hydroxylation is 1. The Morgan fingerprint density at radius 2 is 2.28 bits per heavy atom. The first-order chi connectivity index (χ1) is 8.65. The van der Waals surface area contributed by atoms with Crippen LogP contribution in [0.1, 0.15) is 35.7 Å². The van der Waals surface area contributed by atoms with Gasteiger partial charge in [-0.1, -0.05) is 17.7 Å². The van der Waals surface area contributed by atoms with Crippen LogP contribution < -0.4 is 10.6 Å². The van der Waals surface area contributed by atoms with Gasteiger partial charge in [0.15, 0.2) is 0 Å². The summed E-state index contributed by atoms with van der Waals surface area (Å²) < 4.78 is 0. The molecule has 1 aliphatic rings. The fraction of sp³-hybridized carbons (Fsp3) is 0.533. The van der Waals surface area contributed by atoms with E-state index in [-0.39, 0.29) is 5.91 Å². The predicted molar refractivity (Wildman–Crippen MR) is 73.7 cm³/mol. The molecule has 0 saturated carbocycles. The van der Waals surface area contributed by atoms with E-state index in [0.29, 0.717) is 12.0 Å². The Balaban J connectivity index is 1.81. The van der Waals surface area contributed by atoms with Gasteiger partial charge in [-0.2, -0.15) is 0 Å². The van der Waals surface area contributed by atoms with Crippen LogP contribution in [0.2, 0.25) is 0 Å². The van der Waals surface area contributed by atoms with Crippen LogP contribution in [-0.2, 0) is 0 Å². The number of benzene rings is 1. The summed E-state index contributed by atoms with van der Waals surface area (Å²) in [6.07, 6.45) is 2.40. The molecule has 0 aliphatic carbocycles. The first kappa shape index (κ1) is 13.1. The molecule has 2 N–H and O–H groups in total. The molecule has 2 rings (SSSR count). The van der Waals surface area contributed by atoms with E-state index >= 15 is 0 Å². The summed E-state index contributed by atoms with van der Waals surface area (Å²) in [4.78, 5) is 12.0. The van der Waals surface area contributed by atoms with E-state index in [1.165, 1.54) is 12.8 Å². The summed E-state index contributed by atoms with van der Waals surface area (Å²) in [6, 6.07) is 8.34. The average molecular weight is 246 g/mol. The molecule has 18 heavy (non-hydrogen) atoms. The van der Waals surface area contributed by atoms with Crippen molar-refractivity contribution in [1.29, 1.82) is 0 Å². The van der Waals surface area contributed by atoms with E-state index in [9.17, 15) is 4.79 Å². The summed E-state index contributed by atoms with van der Waals surface area (Å²) >= 11 is 0. The van der Waals surface area contributed by atoms with E-state index in [1.807, 2.05) is 31.2 Å². The van der Waals surface area contributed by atoms with E-state index in [1.54, 1.807) is 0 Å². The molecule has 0 bridgehead atoms. The third-order valence-corrected chi connectivity index (χ3v) is 3.59. The number of carbonyl (C=O) groups is 1. The number of hydrogen-bond donors (Lipinski definition) is 2. The highest BCUT2D eigenvalue weighted by Crippen LogP contribution is 2.13. The minimum Gasteiger partial charge on any atom is -0.352 e.